The van der Waals surface area contributed by atoms with E-state index in [1.165, 1.54) is 4.31 Å². The summed E-state index contributed by atoms with van der Waals surface area (Å²) in [6.07, 6.45) is 3.63. The zero-order valence-electron chi connectivity index (χ0n) is 14.9. The summed E-state index contributed by atoms with van der Waals surface area (Å²) in [6.45, 7) is 3.24. The van der Waals surface area contributed by atoms with Crippen LogP contribution >= 0.6 is 0 Å². The minimum atomic E-state index is -3.59. The van der Waals surface area contributed by atoms with Crippen LogP contribution in [0.4, 0.5) is 5.82 Å². The fourth-order valence-corrected chi connectivity index (χ4v) is 4.80. The third-order valence-corrected chi connectivity index (χ3v) is 6.52. The molecule has 0 bridgehead atoms. The standard InChI is InChI=1S/C19H25N3O3S/c1-15-7-5-8-16(13-15)17(23)14-21-19-18(9-6-10-20-19)26(24,25)22-11-3-2-4-12-22/h5-10,13,17,23H,2-4,11-12,14H2,1H3,(H,20,21). The third-order valence-electron chi connectivity index (χ3n) is 4.59. The molecule has 0 amide bonds. The van der Waals surface area contributed by atoms with Crippen molar-refractivity contribution in [1.82, 2.24) is 9.29 Å². The van der Waals surface area contributed by atoms with E-state index >= 15 is 0 Å². The van der Waals surface area contributed by atoms with Crippen LogP contribution in [0.1, 0.15) is 36.5 Å². The molecule has 1 fully saturated rings. The quantitative estimate of drug-likeness (QED) is 0.811. The molecule has 1 aliphatic rings. The minimum Gasteiger partial charge on any atom is -0.387 e. The van der Waals surface area contributed by atoms with Gasteiger partial charge in [-0.15, -0.1) is 0 Å². The zero-order chi connectivity index (χ0) is 18.6. The Kier molecular flexibility index (Phi) is 5.90. The van der Waals surface area contributed by atoms with Crippen molar-refractivity contribution < 1.29 is 13.5 Å². The topological polar surface area (TPSA) is 82.5 Å². The van der Waals surface area contributed by atoms with Crippen LogP contribution in [-0.2, 0) is 10.0 Å². The molecule has 1 atom stereocenters. The number of nitrogens with zero attached hydrogens (tertiary/aromatic N) is 2. The zero-order valence-corrected chi connectivity index (χ0v) is 15.7. The van der Waals surface area contributed by atoms with Crippen molar-refractivity contribution in [2.45, 2.75) is 37.2 Å². The molecule has 1 aliphatic heterocycles. The molecule has 0 aliphatic carbocycles. The molecule has 26 heavy (non-hydrogen) atoms. The van der Waals surface area contributed by atoms with Gasteiger partial charge in [-0.2, -0.15) is 4.31 Å². The van der Waals surface area contributed by atoms with E-state index in [-0.39, 0.29) is 17.3 Å². The normalized spacial score (nSPS) is 17.0. The molecule has 0 saturated carbocycles. The van der Waals surface area contributed by atoms with Crippen molar-refractivity contribution >= 4 is 15.8 Å². The Labute approximate surface area is 154 Å². The number of aliphatic hydroxyl groups is 1. The maximum atomic E-state index is 13.0. The second-order valence-electron chi connectivity index (χ2n) is 6.63. The lowest BCUT2D eigenvalue weighted by Gasteiger charge is -2.26. The lowest BCUT2D eigenvalue weighted by Crippen LogP contribution is -2.36. The third kappa shape index (κ3) is 4.23. The smallest absolute Gasteiger partial charge is 0.246 e. The van der Waals surface area contributed by atoms with E-state index in [1.54, 1.807) is 18.3 Å². The molecule has 6 nitrogen and oxygen atoms in total. The van der Waals surface area contributed by atoms with Gasteiger partial charge in [-0.3, -0.25) is 0 Å². The van der Waals surface area contributed by atoms with Crippen LogP contribution in [0.15, 0.2) is 47.5 Å². The Balaban J connectivity index is 1.77. The maximum absolute atomic E-state index is 13.0. The highest BCUT2D eigenvalue weighted by molar-refractivity contribution is 7.89. The first-order valence-corrected chi connectivity index (χ1v) is 10.4. The lowest BCUT2D eigenvalue weighted by molar-refractivity contribution is 0.191. The monoisotopic (exact) mass is 375 g/mol. The molecule has 7 heteroatoms. The van der Waals surface area contributed by atoms with E-state index in [0.717, 1.165) is 30.4 Å². The lowest BCUT2D eigenvalue weighted by atomic mass is 10.1. The van der Waals surface area contributed by atoms with Crippen LogP contribution in [0, 0.1) is 6.92 Å². The minimum absolute atomic E-state index is 0.165. The van der Waals surface area contributed by atoms with Gasteiger partial charge in [0.05, 0.1) is 6.10 Å². The summed E-state index contributed by atoms with van der Waals surface area (Å²) in [7, 11) is -3.59. The fourth-order valence-electron chi connectivity index (χ4n) is 3.16. The second kappa shape index (κ2) is 8.16. The van der Waals surface area contributed by atoms with E-state index < -0.39 is 16.1 Å². The van der Waals surface area contributed by atoms with Gasteiger partial charge in [0.25, 0.3) is 0 Å². The molecule has 0 radical (unpaired) electrons. The van der Waals surface area contributed by atoms with E-state index in [4.69, 9.17) is 0 Å². The summed E-state index contributed by atoms with van der Waals surface area (Å²) in [5.41, 5.74) is 1.85. The molecule has 2 aromatic rings. The number of aromatic nitrogens is 1. The highest BCUT2D eigenvalue weighted by Crippen LogP contribution is 2.26. The Bertz CT molecular complexity index is 849. The van der Waals surface area contributed by atoms with E-state index in [2.05, 4.69) is 10.3 Å². The fraction of sp³-hybridized carbons (Fsp3) is 0.421. The summed E-state index contributed by atoms with van der Waals surface area (Å²) in [4.78, 5) is 4.36. The number of hydrogen-bond donors (Lipinski definition) is 2. The largest absolute Gasteiger partial charge is 0.387 e. The molecule has 2 N–H and O–H groups in total. The Morgan fingerprint density at radius 1 is 1.19 bits per heavy atom. The van der Waals surface area contributed by atoms with Crippen LogP contribution in [0.25, 0.3) is 0 Å². The summed E-state index contributed by atoms with van der Waals surface area (Å²) in [6, 6.07) is 10.8. The Hall–Kier alpha value is -1.96. The van der Waals surface area contributed by atoms with Crippen molar-refractivity contribution in [3.63, 3.8) is 0 Å². The van der Waals surface area contributed by atoms with Gasteiger partial charge >= 0.3 is 0 Å². The number of benzene rings is 1. The van der Waals surface area contributed by atoms with Crippen molar-refractivity contribution in [3.8, 4) is 0 Å². The number of aliphatic hydroxyl groups excluding tert-OH is 1. The summed E-state index contributed by atoms with van der Waals surface area (Å²) < 4.78 is 27.4. The highest BCUT2D eigenvalue weighted by atomic mass is 32.2. The van der Waals surface area contributed by atoms with Gasteiger partial charge in [-0.1, -0.05) is 36.2 Å². The number of hydrogen-bond acceptors (Lipinski definition) is 5. The molecule has 1 aromatic carbocycles. The molecule has 140 valence electrons. The molecular formula is C19H25N3O3S. The average Bonchev–Trinajstić information content (AvgIpc) is 2.67. The Morgan fingerprint density at radius 2 is 1.96 bits per heavy atom. The summed E-state index contributed by atoms with van der Waals surface area (Å²) in [5.74, 6) is 0.282. The molecule has 2 heterocycles. The Morgan fingerprint density at radius 3 is 2.69 bits per heavy atom. The van der Waals surface area contributed by atoms with Crippen LogP contribution in [0.3, 0.4) is 0 Å². The number of nitrogens with one attached hydrogen (secondary N) is 1. The van der Waals surface area contributed by atoms with Gasteiger partial charge in [0, 0.05) is 25.8 Å². The SMILES string of the molecule is Cc1cccc(C(O)CNc2ncccc2S(=O)(=O)N2CCCCC2)c1. The number of pyridine rings is 1. The molecular weight excluding hydrogens is 350 g/mol. The number of sulfonamides is 1. The van der Waals surface area contributed by atoms with Gasteiger partial charge in [-0.05, 0) is 37.5 Å². The molecule has 3 rings (SSSR count). The van der Waals surface area contributed by atoms with Crippen molar-refractivity contribution in [1.29, 1.82) is 0 Å². The van der Waals surface area contributed by atoms with Crippen LogP contribution in [-0.4, -0.2) is 42.4 Å². The number of anilines is 1. The number of piperidine rings is 1. The van der Waals surface area contributed by atoms with E-state index in [1.807, 2.05) is 31.2 Å². The maximum Gasteiger partial charge on any atom is 0.246 e. The van der Waals surface area contributed by atoms with Crippen molar-refractivity contribution in [2.24, 2.45) is 0 Å². The van der Waals surface area contributed by atoms with Crippen LogP contribution in [0.5, 0.6) is 0 Å². The van der Waals surface area contributed by atoms with Crippen molar-refractivity contribution in [2.75, 3.05) is 25.0 Å². The predicted octanol–water partition coefficient (Wildman–Crippen LogP) is 2.71. The van der Waals surface area contributed by atoms with Gasteiger partial charge in [-0.25, -0.2) is 13.4 Å². The van der Waals surface area contributed by atoms with E-state index in [0.29, 0.717) is 13.1 Å². The van der Waals surface area contributed by atoms with Gasteiger partial charge in [0.15, 0.2) is 0 Å². The van der Waals surface area contributed by atoms with Crippen LogP contribution < -0.4 is 5.32 Å². The first kappa shape index (κ1) is 18.8. The van der Waals surface area contributed by atoms with Gasteiger partial charge in [0.1, 0.15) is 10.7 Å². The van der Waals surface area contributed by atoms with Gasteiger partial charge < -0.3 is 10.4 Å². The van der Waals surface area contributed by atoms with Crippen molar-refractivity contribution in [3.05, 3.63) is 53.7 Å². The second-order valence-corrected chi connectivity index (χ2v) is 8.53. The highest BCUT2D eigenvalue weighted by Gasteiger charge is 2.28. The van der Waals surface area contributed by atoms with Gasteiger partial charge in [0.2, 0.25) is 10.0 Å². The molecule has 1 saturated heterocycles. The molecule has 1 unspecified atom stereocenters. The average molecular weight is 375 g/mol. The summed E-state index contributed by atoms with van der Waals surface area (Å²) >= 11 is 0. The number of rotatable bonds is 6. The number of aryl methyl sites for hydroxylation is 1. The predicted molar refractivity (Wildman–Crippen MR) is 101 cm³/mol. The van der Waals surface area contributed by atoms with Crippen LogP contribution in [0.2, 0.25) is 0 Å². The van der Waals surface area contributed by atoms with E-state index in [9.17, 15) is 13.5 Å². The molecule has 0 spiro atoms. The summed E-state index contributed by atoms with van der Waals surface area (Å²) in [5, 5.41) is 13.4. The first-order chi connectivity index (χ1) is 12.5. The first-order valence-electron chi connectivity index (χ1n) is 8.92. The molecule has 1 aromatic heterocycles.